The molecule has 0 saturated heterocycles. The molecule has 0 fully saturated rings. The number of rotatable bonds is 5. The largest absolute Gasteiger partial charge is 0.168 e. The minimum atomic E-state index is -1.75. The Morgan fingerprint density at radius 2 is 1.23 bits per heavy atom. The molecule has 0 aromatic rings. The average Bonchev–Trinajstić information content (AvgIpc) is 1.81. The van der Waals surface area contributed by atoms with Crippen LogP contribution < -0.4 is 0 Å². The maximum atomic E-state index is 6.31. The molecule has 0 rings (SSSR count). The summed E-state index contributed by atoms with van der Waals surface area (Å²) in [4.78, 5) is 0.314. The van der Waals surface area contributed by atoms with Gasteiger partial charge in [-0.2, -0.15) is 11.1 Å². The van der Waals surface area contributed by atoms with Crippen LogP contribution in [0.25, 0.3) is 0 Å². The second-order valence-electron chi connectivity index (χ2n) is 2.93. The summed E-state index contributed by atoms with van der Waals surface area (Å²) in [6.07, 6.45) is 0. The molecule has 0 amide bonds. The van der Waals surface area contributed by atoms with Gasteiger partial charge in [0.25, 0.3) is 0 Å². The standard InChI is InChI=1S/C5H9Cl5Si3/c1-13(2,10)5(11-3(6)7)12-4(8)9/h3-5H,1-2H3. The van der Waals surface area contributed by atoms with E-state index in [1.54, 1.807) is 0 Å². The second kappa shape index (κ2) is 6.63. The molecule has 0 saturated carbocycles. The molecule has 0 spiro atoms. The Morgan fingerprint density at radius 1 is 0.923 bits per heavy atom. The minimum Gasteiger partial charge on any atom is -0.168 e. The first kappa shape index (κ1) is 15.1. The molecule has 8 heteroatoms. The van der Waals surface area contributed by atoms with Gasteiger partial charge >= 0.3 is 0 Å². The first-order valence-electron chi connectivity index (χ1n) is 3.51. The number of halogens is 5. The third-order valence-electron chi connectivity index (χ3n) is 1.27. The zero-order valence-electron chi connectivity index (χ0n) is 7.12. The summed E-state index contributed by atoms with van der Waals surface area (Å²) in [5, 5.41) is 0. The fourth-order valence-electron chi connectivity index (χ4n) is 0.696. The molecule has 0 N–H and O–H groups in total. The highest BCUT2D eigenvalue weighted by atomic mass is 35.6. The fraction of sp³-hybridized carbons (Fsp3) is 1.00. The Balaban J connectivity index is 4.20. The van der Waals surface area contributed by atoms with Gasteiger partial charge in [-0.15, -0.1) is 46.4 Å². The maximum Gasteiger partial charge on any atom is 0.147 e. The van der Waals surface area contributed by atoms with Gasteiger partial charge in [0, 0.05) is 0 Å². The van der Waals surface area contributed by atoms with Crippen LogP contribution in [0.5, 0.6) is 0 Å². The van der Waals surface area contributed by atoms with Gasteiger partial charge in [-0.05, 0) is 4.79 Å². The Morgan fingerprint density at radius 3 is 1.38 bits per heavy atom. The first-order valence-corrected chi connectivity index (χ1v) is 11.6. The number of hydrogen-bond acceptors (Lipinski definition) is 0. The summed E-state index contributed by atoms with van der Waals surface area (Å²) in [6.45, 7) is 4.12. The molecule has 13 heavy (non-hydrogen) atoms. The minimum absolute atomic E-state index is 0.314. The van der Waals surface area contributed by atoms with Gasteiger partial charge in [-0.25, -0.2) is 0 Å². The van der Waals surface area contributed by atoms with Crippen LogP contribution in [0.4, 0.5) is 0 Å². The Bertz CT molecular complexity index is 136. The second-order valence-corrected chi connectivity index (χ2v) is 17.9. The number of hydrogen-bond donors (Lipinski definition) is 0. The molecule has 76 valence electrons. The van der Waals surface area contributed by atoms with Crippen molar-refractivity contribution in [3.63, 3.8) is 0 Å². The van der Waals surface area contributed by atoms with Gasteiger partial charge in [0.15, 0.2) is 0 Å². The van der Waals surface area contributed by atoms with Gasteiger partial charge in [-0.1, -0.05) is 13.1 Å². The van der Waals surface area contributed by atoms with Crippen LogP contribution in [-0.2, 0) is 0 Å². The summed E-state index contributed by atoms with van der Waals surface area (Å²) in [7, 11) is -0.897. The molecule has 0 heterocycles. The zero-order chi connectivity index (χ0) is 10.6. The van der Waals surface area contributed by atoms with Crippen molar-refractivity contribution in [2.24, 2.45) is 0 Å². The first-order chi connectivity index (χ1) is 5.73. The lowest BCUT2D eigenvalue weighted by molar-refractivity contribution is 1.54. The predicted octanol–water partition coefficient (Wildman–Crippen LogP) is 3.65. The lowest BCUT2D eigenvalue weighted by Gasteiger charge is -2.25. The predicted molar refractivity (Wildman–Crippen MR) is 69.6 cm³/mol. The molecule has 0 unspecified atom stereocenters. The quantitative estimate of drug-likeness (QED) is 0.410. The molecule has 0 nitrogen and oxygen atoms in total. The molecule has 0 atom stereocenters. The molecule has 0 aliphatic heterocycles. The van der Waals surface area contributed by atoms with E-state index in [0.717, 1.165) is 0 Å². The van der Waals surface area contributed by atoms with Crippen molar-refractivity contribution < 1.29 is 0 Å². The van der Waals surface area contributed by atoms with E-state index in [0.29, 0.717) is 23.8 Å². The van der Waals surface area contributed by atoms with Crippen LogP contribution in [0.15, 0.2) is 0 Å². The van der Waals surface area contributed by atoms with Crippen LogP contribution in [0.2, 0.25) is 17.9 Å². The zero-order valence-corrected chi connectivity index (χ0v) is 13.9. The Kier molecular flexibility index (Phi) is 7.71. The van der Waals surface area contributed by atoms with E-state index in [1.807, 2.05) is 0 Å². The van der Waals surface area contributed by atoms with Crippen LogP contribution in [0, 0.1) is 0 Å². The van der Waals surface area contributed by atoms with Gasteiger partial charge in [-0.3, -0.25) is 0 Å². The summed E-state index contributed by atoms with van der Waals surface area (Å²) in [5.41, 5.74) is 0. The summed E-state index contributed by atoms with van der Waals surface area (Å²) in [6, 6.07) is 0. The van der Waals surface area contributed by atoms with Crippen molar-refractivity contribution in [1.82, 2.24) is 0 Å². The lowest BCUT2D eigenvalue weighted by atomic mass is 11.7. The fourth-order valence-corrected chi connectivity index (χ4v) is 11.9. The maximum absolute atomic E-state index is 6.31. The van der Waals surface area contributed by atoms with E-state index in [1.165, 1.54) is 0 Å². The Hall–Kier alpha value is 2.10. The van der Waals surface area contributed by atoms with Crippen molar-refractivity contribution in [1.29, 1.82) is 0 Å². The summed E-state index contributed by atoms with van der Waals surface area (Å²) < 4.78 is -0.704. The van der Waals surface area contributed by atoms with E-state index >= 15 is 0 Å². The summed E-state index contributed by atoms with van der Waals surface area (Å²) in [5.74, 6) is 0. The molecule has 0 aromatic carbocycles. The topological polar surface area (TPSA) is 0 Å². The van der Waals surface area contributed by atoms with Crippen LogP contribution >= 0.6 is 57.5 Å². The molecule has 4 radical (unpaired) electrons. The SMILES string of the molecule is C[Si](C)(Cl)C([Si]C(Cl)Cl)[Si]C(Cl)Cl. The third-order valence-corrected chi connectivity index (χ3v) is 13.4. The Labute approximate surface area is 110 Å². The lowest BCUT2D eigenvalue weighted by Crippen LogP contribution is -2.38. The van der Waals surface area contributed by atoms with E-state index in [4.69, 9.17) is 57.5 Å². The van der Waals surface area contributed by atoms with E-state index in [9.17, 15) is 0 Å². The van der Waals surface area contributed by atoms with Crippen molar-refractivity contribution in [2.75, 3.05) is 0 Å². The van der Waals surface area contributed by atoms with Gasteiger partial charge < -0.3 is 0 Å². The third kappa shape index (κ3) is 7.96. The smallest absolute Gasteiger partial charge is 0.147 e. The molecule has 0 aliphatic carbocycles. The van der Waals surface area contributed by atoms with E-state index in [2.05, 4.69) is 13.1 Å². The highest BCUT2D eigenvalue weighted by molar-refractivity contribution is 7.26. The normalized spacial score (nSPS) is 13.4. The van der Waals surface area contributed by atoms with Gasteiger partial charge in [0.05, 0.1) is 28.0 Å². The molecule has 0 aliphatic rings. The van der Waals surface area contributed by atoms with Crippen LogP contribution in [0.3, 0.4) is 0 Å². The van der Waals surface area contributed by atoms with Crippen LogP contribution in [-0.4, -0.2) is 35.3 Å². The number of alkyl halides is 4. The summed E-state index contributed by atoms with van der Waals surface area (Å²) >= 11 is 29.2. The average molecular weight is 331 g/mol. The van der Waals surface area contributed by atoms with E-state index in [-0.39, 0.29) is 8.92 Å². The van der Waals surface area contributed by atoms with Gasteiger partial charge in [0.1, 0.15) is 7.38 Å². The van der Waals surface area contributed by atoms with Crippen molar-refractivity contribution in [2.45, 2.75) is 26.8 Å². The van der Waals surface area contributed by atoms with Gasteiger partial charge in [0.2, 0.25) is 0 Å². The monoisotopic (exact) mass is 328 g/mol. The molecular weight excluding hydrogens is 322 g/mol. The molecular formula is C5H9Cl5Si3. The highest BCUT2D eigenvalue weighted by Gasteiger charge is 2.33. The van der Waals surface area contributed by atoms with Crippen molar-refractivity contribution in [3.8, 4) is 0 Å². The molecule has 0 bridgehead atoms. The molecule has 0 aromatic heterocycles. The van der Waals surface area contributed by atoms with Crippen molar-refractivity contribution in [3.05, 3.63) is 0 Å². The highest BCUT2D eigenvalue weighted by Crippen LogP contribution is 2.28. The van der Waals surface area contributed by atoms with Crippen molar-refractivity contribution >= 4 is 83.9 Å². The van der Waals surface area contributed by atoms with Crippen LogP contribution in [0.1, 0.15) is 0 Å². The van der Waals surface area contributed by atoms with E-state index < -0.39 is 7.38 Å².